The Morgan fingerprint density at radius 1 is 1.36 bits per heavy atom. The standard InChI is InChI=1S/C15H9ClF3N5O4/c1-6-4-10(15(17,18)19)23-13(20-6)11(16)12(22-23)14(26)21-8-3-2-7(24(27)28)5-9(8)25/h2-5,25H,1H3,(H,21,26). The number of phenols is 1. The lowest BCUT2D eigenvalue weighted by atomic mass is 10.2. The van der Waals surface area contributed by atoms with Crippen molar-refractivity contribution in [3.63, 3.8) is 0 Å². The predicted octanol–water partition coefficient (Wildman–Crippen LogP) is 3.58. The molecule has 0 radical (unpaired) electrons. The van der Waals surface area contributed by atoms with E-state index in [4.69, 9.17) is 11.6 Å². The Labute approximate surface area is 158 Å². The molecule has 0 fully saturated rings. The van der Waals surface area contributed by atoms with E-state index < -0.39 is 44.9 Å². The van der Waals surface area contributed by atoms with E-state index in [1.54, 1.807) is 0 Å². The lowest BCUT2D eigenvalue weighted by Gasteiger charge is -2.09. The van der Waals surface area contributed by atoms with Crippen LogP contribution in [-0.4, -0.2) is 30.5 Å². The zero-order valence-electron chi connectivity index (χ0n) is 13.8. The number of benzene rings is 1. The molecule has 0 saturated heterocycles. The van der Waals surface area contributed by atoms with Gasteiger partial charge in [-0.05, 0) is 19.1 Å². The number of phenolic OH excluding ortho intramolecular Hbond substituents is 1. The van der Waals surface area contributed by atoms with Crippen molar-refractivity contribution >= 4 is 34.5 Å². The second-order valence-electron chi connectivity index (χ2n) is 5.59. The largest absolute Gasteiger partial charge is 0.506 e. The highest BCUT2D eigenvalue weighted by atomic mass is 35.5. The zero-order chi connectivity index (χ0) is 20.8. The number of halogens is 4. The molecule has 0 bridgehead atoms. The van der Waals surface area contributed by atoms with Gasteiger partial charge in [0, 0.05) is 11.8 Å². The van der Waals surface area contributed by atoms with E-state index in [1.807, 2.05) is 0 Å². The number of alkyl halides is 3. The summed E-state index contributed by atoms with van der Waals surface area (Å²) in [6, 6.07) is 3.62. The number of carbonyl (C=O) groups excluding carboxylic acids is 1. The van der Waals surface area contributed by atoms with E-state index in [0.29, 0.717) is 4.52 Å². The molecule has 0 aliphatic heterocycles. The molecule has 0 unspecified atom stereocenters. The molecule has 28 heavy (non-hydrogen) atoms. The van der Waals surface area contributed by atoms with Gasteiger partial charge in [0.05, 0.1) is 16.7 Å². The van der Waals surface area contributed by atoms with Crippen molar-refractivity contribution < 1.29 is 28.0 Å². The van der Waals surface area contributed by atoms with Gasteiger partial charge >= 0.3 is 6.18 Å². The molecule has 146 valence electrons. The van der Waals surface area contributed by atoms with Crippen LogP contribution in [0.2, 0.25) is 5.02 Å². The number of amides is 1. The van der Waals surface area contributed by atoms with Crippen molar-refractivity contribution in [2.75, 3.05) is 5.32 Å². The molecule has 13 heteroatoms. The molecule has 0 aliphatic carbocycles. The first-order valence-electron chi connectivity index (χ1n) is 7.41. The number of nitro benzene ring substituents is 1. The molecule has 9 nitrogen and oxygen atoms in total. The molecule has 3 aromatic rings. The molecule has 1 amide bonds. The number of rotatable bonds is 3. The highest BCUT2D eigenvalue weighted by molar-refractivity contribution is 6.37. The Kier molecular flexibility index (Phi) is 4.59. The number of aromatic hydroxyl groups is 1. The third-order valence-electron chi connectivity index (χ3n) is 3.61. The van der Waals surface area contributed by atoms with E-state index >= 15 is 0 Å². The third-order valence-corrected chi connectivity index (χ3v) is 3.95. The fourth-order valence-electron chi connectivity index (χ4n) is 2.38. The number of aromatic nitrogens is 3. The molecule has 2 N–H and O–H groups in total. The molecular weight excluding hydrogens is 407 g/mol. The van der Waals surface area contributed by atoms with Crippen LogP contribution in [-0.2, 0) is 6.18 Å². The minimum Gasteiger partial charge on any atom is -0.506 e. The number of nitro groups is 1. The normalized spacial score (nSPS) is 11.6. The Hall–Kier alpha value is -3.41. The molecule has 0 spiro atoms. The number of aryl methyl sites for hydroxylation is 1. The average molecular weight is 416 g/mol. The van der Waals surface area contributed by atoms with E-state index in [1.165, 1.54) is 6.92 Å². The summed E-state index contributed by atoms with van der Waals surface area (Å²) in [5.74, 6) is -1.65. The van der Waals surface area contributed by atoms with Gasteiger partial charge in [-0.2, -0.15) is 18.3 Å². The first-order chi connectivity index (χ1) is 13.0. The van der Waals surface area contributed by atoms with Crippen molar-refractivity contribution in [2.45, 2.75) is 13.1 Å². The third kappa shape index (κ3) is 3.41. The van der Waals surface area contributed by atoms with E-state index in [0.717, 1.165) is 24.3 Å². The summed E-state index contributed by atoms with van der Waals surface area (Å²) in [6.07, 6.45) is -4.77. The fraction of sp³-hybridized carbons (Fsp3) is 0.133. The van der Waals surface area contributed by atoms with E-state index in [-0.39, 0.29) is 17.0 Å². The van der Waals surface area contributed by atoms with Crippen LogP contribution in [0.15, 0.2) is 24.3 Å². The van der Waals surface area contributed by atoms with Gasteiger partial charge in [0.1, 0.15) is 16.5 Å². The molecule has 0 aliphatic rings. The molecule has 0 atom stereocenters. The van der Waals surface area contributed by atoms with Gasteiger partial charge in [0.15, 0.2) is 11.3 Å². The Bertz CT molecular complexity index is 1130. The number of carbonyl (C=O) groups is 1. The van der Waals surface area contributed by atoms with Crippen molar-refractivity contribution in [3.8, 4) is 5.75 Å². The Morgan fingerprint density at radius 2 is 2.04 bits per heavy atom. The van der Waals surface area contributed by atoms with Crippen LogP contribution < -0.4 is 5.32 Å². The number of fused-ring (bicyclic) bond motifs is 1. The average Bonchev–Trinajstić information content (AvgIpc) is 2.92. The van der Waals surface area contributed by atoms with Crippen LogP contribution in [0.3, 0.4) is 0 Å². The van der Waals surface area contributed by atoms with Gasteiger partial charge in [0.25, 0.3) is 11.6 Å². The fourth-order valence-corrected chi connectivity index (χ4v) is 2.63. The van der Waals surface area contributed by atoms with Gasteiger partial charge in [-0.1, -0.05) is 11.6 Å². The first-order valence-corrected chi connectivity index (χ1v) is 7.78. The smallest absolute Gasteiger partial charge is 0.433 e. The molecule has 3 rings (SSSR count). The van der Waals surface area contributed by atoms with Gasteiger partial charge in [-0.3, -0.25) is 14.9 Å². The van der Waals surface area contributed by atoms with Crippen LogP contribution in [0.5, 0.6) is 5.75 Å². The molecule has 2 aromatic heterocycles. The van der Waals surface area contributed by atoms with Crippen LogP contribution in [0, 0.1) is 17.0 Å². The Balaban J connectivity index is 2.03. The van der Waals surface area contributed by atoms with Gasteiger partial charge in [-0.15, -0.1) is 0 Å². The van der Waals surface area contributed by atoms with Crippen LogP contribution in [0.4, 0.5) is 24.5 Å². The van der Waals surface area contributed by atoms with Crippen LogP contribution >= 0.6 is 11.6 Å². The summed E-state index contributed by atoms with van der Waals surface area (Å²) in [5.41, 5.74) is -2.73. The number of hydrogen-bond acceptors (Lipinski definition) is 6. The summed E-state index contributed by atoms with van der Waals surface area (Å²) in [6.45, 7) is 1.33. The van der Waals surface area contributed by atoms with Crippen LogP contribution in [0.25, 0.3) is 5.65 Å². The summed E-state index contributed by atoms with van der Waals surface area (Å²) in [4.78, 5) is 26.2. The van der Waals surface area contributed by atoms with E-state index in [9.17, 15) is 33.2 Å². The highest BCUT2D eigenvalue weighted by Crippen LogP contribution is 2.33. The SMILES string of the molecule is Cc1cc(C(F)(F)F)n2nc(C(=O)Nc3ccc([N+](=O)[O-])cc3O)c(Cl)c2n1. The number of anilines is 1. The van der Waals surface area contributed by atoms with Crippen molar-refractivity contribution in [1.29, 1.82) is 0 Å². The maximum atomic E-state index is 13.2. The number of hydrogen-bond donors (Lipinski definition) is 2. The van der Waals surface area contributed by atoms with E-state index in [2.05, 4.69) is 15.4 Å². The molecule has 2 heterocycles. The Morgan fingerprint density at radius 3 is 2.61 bits per heavy atom. The first kappa shape index (κ1) is 19.4. The topological polar surface area (TPSA) is 123 Å². The lowest BCUT2D eigenvalue weighted by molar-refractivity contribution is -0.384. The number of nitrogens with one attached hydrogen (secondary N) is 1. The van der Waals surface area contributed by atoms with Gasteiger partial charge in [-0.25, -0.2) is 9.50 Å². The minimum atomic E-state index is -4.77. The van der Waals surface area contributed by atoms with Gasteiger partial charge in [0.2, 0.25) is 0 Å². The maximum absolute atomic E-state index is 13.2. The monoisotopic (exact) mass is 415 g/mol. The molecule has 1 aromatic carbocycles. The summed E-state index contributed by atoms with van der Waals surface area (Å²) in [5, 5.41) is 25.8. The predicted molar refractivity (Wildman–Crippen MR) is 90.5 cm³/mol. The second-order valence-corrected chi connectivity index (χ2v) is 5.97. The summed E-state index contributed by atoms with van der Waals surface area (Å²) < 4.78 is 40.1. The van der Waals surface area contributed by atoms with Crippen molar-refractivity contribution in [3.05, 3.63) is 56.5 Å². The highest BCUT2D eigenvalue weighted by Gasteiger charge is 2.36. The van der Waals surface area contributed by atoms with Gasteiger partial charge < -0.3 is 10.4 Å². The zero-order valence-corrected chi connectivity index (χ0v) is 14.5. The van der Waals surface area contributed by atoms with Crippen LogP contribution in [0.1, 0.15) is 21.9 Å². The number of nitrogens with zero attached hydrogens (tertiary/aromatic N) is 4. The lowest BCUT2D eigenvalue weighted by Crippen LogP contribution is -2.16. The van der Waals surface area contributed by atoms with Crippen molar-refractivity contribution in [2.24, 2.45) is 0 Å². The second kappa shape index (κ2) is 6.64. The van der Waals surface area contributed by atoms with Crippen molar-refractivity contribution in [1.82, 2.24) is 14.6 Å². The molecule has 0 saturated carbocycles. The summed E-state index contributed by atoms with van der Waals surface area (Å²) in [7, 11) is 0. The summed E-state index contributed by atoms with van der Waals surface area (Å²) >= 11 is 5.99. The molecular formula is C15H9ClF3N5O4. The minimum absolute atomic E-state index is 0.0154. The maximum Gasteiger partial charge on any atom is 0.433 e. The number of non-ortho nitro benzene ring substituents is 1. The quantitative estimate of drug-likeness (QED) is 0.383.